The summed E-state index contributed by atoms with van der Waals surface area (Å²) < 4.78 is 19.7. The van der Waals surface area contributed by atoms with Crippen LogP contribution in [0.1, 0.15) is 48.3 Å². The van der Waals surface area contributed by atoms with E-state index in [0.29, 0.717) is 13.0 Å². The summed E-state index contributed by atoms with van der Waals surface area (Å²) in [5, 5.41) is 0. The molecule has 4 nitrogen and oxygen atoms in total. The maximum atomic E-state index is 13.7. The highest BCUT2D eigenvalue weighted by atomic mass is 19.1. The van der Waals surface area contributed by atoms with Crippen molar-refractivity contribution in [3.8, 4) is 11.1 Å². The Kier molecular flexibility index (Phi) is 4.97. The second-order valence-electron chi connectivity index (χ2n) is 9.15. The predicted molar refractivity (Wildman–Crippen MR) is 125 cm³/mol. The highest BCUT2D eigenvalue weighted by molar-refractivity contribution is 5.79. The Labute approximate surface area is 192 Å². The third kappa shape index (κ3) is 3.52. The molecule has 0 spiro atoms. The molecule has 1 saturated heterocycles. The van der Waals surface area contributed by atoms with Crippen molar-refractivity contribution >= 4 is 11.7 Å². The molecule has 6 rings (SSSR count). The number of rotatable bonds is 3. The van der Waals surface area contributed by atoms with E-state index in [4.69, 9.17) is 4.74 Å². The van der Waals surface area contributed by atoms with Crippen LogP contribution in [0.25, 0.3) is 16.7 Å². The average molecular weight is 441 g/mol. The van der Waals surface area contributed by atoms with Gasteiger partial charge in [-0.15, -0.1) is 0 Å². The van der Waals surface area contributed by atoms with Crippen LogP contribution in [0.4, 0.5) is 9.18 Å². The lowest BCUT2D eigenvalue weighted by Gasteiger charge is -2.44. The van der Waals surface area contributed by atoms with E-state index in [2.05, 4.69) is 47.5 Å². The lowest BCUT2D eigenvalue weighted by molar-refractivity contribution is 0.0539. The van der Waals surface area contributed by atoms with Gasteiger partial charge in [0.2, 0.25) is 0 Å². The summed E-state index contributed by atoms with van der Waals surface area (Å²) in [6.07, 6.45) is 8.38. The van der Waals surface area contributed by atoms with E-state index >= 15 is 0 Å². The van der Waals surface area contributed by atoms with Crippen molar-refractivity contribution in [1.82, 2.24) is 9.88 Å². The van der Waals surface area contributed by atoms with Crippen molar-refractivity contribution in [2.45, 2.75) is 43.7 Å². The zero-order valence-electron chi connectivity index (χ0n) is 18.3. The van der Waals surface area contributed by atoms with Gasteiger partial charge in [-0.1, -0.05) is 54.6 Å². The SMILES string of the molecule is O=C(OCC1c2ccccc2-c2ccccc21)N1C2C=C(c3cncc(F)c3)CC1CCC2. The Morgan fingerprint density at radius 1 is 1.03 bits per heavy atom. The number of pyridine rings is 1. The molecule has 1 amide bonds. The molecule has 0 N–H and O–H groups in total. The van der Waals surface area contributed by atoms with Gasteiger partial charge in [-0.3, -0.25) is 9.88 Å². The number of benzene rings is 2. The van der Waals surface area contributed by atoms with Crippen LogP contribution < -0.4 is 0 Å². The van der Waals surface area contributed by atoms with E-state index in [0.717, 1.165) is 30.4 Å². The second-order valence-corrected chi connectivity index (χ2v) is 9.15. The molecule has 166 valence electrons. The van der Waals surface area contributed by atoms with Crippen molar-refractivity contribution < 1.29 is 13.9 Å². The van der Waals surface area contributed by atoms with Gasteiger partial charge < -0.3 is 4.74 Å². The van der Waals surface area contributed by atoms with Crippen molar-refractivity contribution in [2.75, 3.05) is 6.61 Å². The van der Waals surface area contributed by atoms with Crippen LogP contribution in [0.2, 0.25) is 0 Å². The maximum absolute atomic E-state index is 13.7. The van der Waals surface area contributed by atoms with Crippen LogP contribution >= 0.6 is 0 Å². The minimum absolute atomic E-state index is 0.0218. The average Bonchev–Trinajstić information content (AvgIpc) is 3.15. The lowest BCUT2D eigenvalue weighted by Crippen LogP contribution is -2.51. The normalized spacial score (nSPS) is 21.2. The molecule has 2 bridgehead atoms. The topological polar surface area (TPSA) is 42.4 Å². The van der Waals surface area contributed by atoms with E-state index in [1.807, 2.05) is 17.0 Å². The minimum Gasteiger partial charge on any atom is -0.448 e. The van der Waals surface area contributed by atoms with Gasteiger partial charge in [-0.2, -0.15) is 0 Å². The number of nitrogens with zero attached hydrogens (tertiary/aromatic N) is 2. The summed E-state index contributed by atoms with van der Waals surface area (Å²) in [6, 6.07) is 18.3. The number of hydrogen-bond acceptors (Lipinski definition) is 3. The number of carbonyl (C=O) groups is 1. The van der Waals surface area contributed by atoms with E-state index in [9.17, 15) is 9.18 Å². The molecular formula is C28H25FN2O2. The molecule has 2 unspecified atom stereocenters. The van der Waals surface area contributed by atoms with Crippen molar-refractivity contribution in [3.63, 3.8) is 0 Å². The molecule has 2 atom stereocenters. The highest BCUT2D eigenvalue weighted by Gasteiger charge is 2.39. The zero-order valence-corrected chi connectivity index (χ0v) is 18.3. The number of ether oxygens (including phenoxy) is 1. The maximum Gasteiger partial charge on any atom is 0.410 e. The standard InChI is InChI=1S/C28H25FN2O2/c29-20-12-19(15-30-16-20)18-13-21-6-5-7-22(14-18)31(21)28(32)33-17-27-25-10-3-1-8-23(25)24-9-2-4-11-26(24)27/h1-4,8-13,15-16,21-22,27H,5-7,14,17H2. The van der Waals surface area contributed by atoms with Gasteiger partial charge in [-0.05, 0) is 65.1 Å². The lowest BCUT2D eigenvalue weighted by atomic mass is 9.83. The molecule has 3 heterocycles. The number of aromatic nitrogens is 1. The fourth-order valence-corrected chi connectivity index (χ4v) is 5.78. The molecule has 2 aliphatic heterocycles. The summed E-state index contributed by atoms with van der Waals surface area (Å²) in [4.78, 5) is 19.2. The molecule has 3 aliphatic rings. The first-order chi connectivity index (χ1) is 16.2. The van der Waals surface area contributed by atoms with Gasteiger partial charge in [0, 0.05) is 18.2 Å². The molecule has 1 fully saturated rings. The van der Waals surface area contributed by atoms with Gasteiger partial charge in [-0.25, -0.2) is 9.18 Å². The smallest absolute Gasteiger partial charge is 0.410 e. The first-order valence-electron chi connectivity index (χ1n) is 11.6. The number of fused-ring (bicyclic) bond motifs is 5. The molecular weight excluding hydrogens is 415 g/mol. The summed E-state index contributed by atoms with van der Waals surface area (Å²) in [7, 11) is 0. The monoisotopic (exact) mass is 440 g/mol. The molecule has 1 aliphatic carbocycles. The van der Waals surface area contributed by atoms with Gasteiger partial charge in [0.05, 0.1) is 12.2 Å². The first kappa shape index (κ1) is 20.2. The molecule has 0 saturated carbocycles. The largest absolute Gasteiger partial charge is 0.448 e. The van der Waals surface area contributed by atoms with E-state index < -0.39 is 0 Å². The van der Waals surface area contributed by atoms with E-state index in [1.54, 1.807) is 6.20 Å². The summed E-state index contributed by atoms with van der Waals surface area (Å²) in [5.41, 5.74) is 6.75. The van der Waals surface area contributed by atoms with Crippen LogP contribution in [0.3, 0.4) is 0 Å². The highest BCUT2D eigenvalue weighted by Crippen LogP contribution is 2.45. The van der Waals surface area contributed by atoms with Crippen molar-refractivity contribution in [3.05, 3.63) is 95.6 Å². The van der Waals surface area contributed by atoms with E-state index in [1.165, 1.54) is 34.5 Å². The van der Waals surface area contributed by atoms with Crippen LogP contribution in [0.5, 0.6) is 0 Å². The number of halogens is 1. The van der Waals surface area contributed by atoms with Gasteiger partial charge >= 0.3 is 6.09 Å². The molecule has 2 aromatic carbocycles. The predicted octanol–water partition coefficient (Wildman–Crippen LogP) is 6.18. The van der Waals surface area contributed by atoms with Crippen LogP contribution in [-0.4, -0.2) is 34.7 Å². The Hall–Kier alpha value is -3.47. The third-order valence-corrected chi connectivity index (χ3v) is 7.26. The van der Waals surface area contributed by atoms with Crippen molar-refractivity contribution in [2.24, 2.45) is 0 Å². The number of carbonyl (C=O) groups excluding carboxylic acids is 1. The Bertz CT molecular complexity index is 1210. The van der Waals surface area contributed by atoms with Crippen molar-refractivity contribution in [1.29, 1.82) is 0 Å². The number of hydrogen-bond donors (Lipinski definition) is 0. The Balaban J connectivity index is 1.22. The number of amides is 1. The zero-order chi connectivity index (χ0) is 22.4. The number of piperidine rings is 1. The molecule has 1 aromatic heterocycles. The minimum atomic E-state index is -0.336. The van der Waals surface area contributed by atoms with Gasteiger partial charge in [0.25, 0.3) is 0 Å². The Morgan fingerprint density at radius 2 is 1.76 bits per heavy atom. The summed E-state index contributed by atoms with van der Waals surface area (Å²) in [6.45, 7) is 0.327. The van der Waals surface area contributed by atoms with Crippen LogP contribution in [0.15, 0.2) is 73.1 Å². The fourth-order valence-electron chi connectivity index (χ4n) is 5.78. The fraction of sp³-hybridized carbons (Fsp3) is 0.286. The molecule has 5 heteroatoms. The Morgan fingerprint density at radius 3 is 2.45 bits per heavy atom. The van der Waals surface area contributed by atoms with Crippen LogP contribution in [0, 0.1) is 5.82 Å². The van der Waals surface area contributed by atoms with Gasteiger partial charge in [0.15, 0.2) is 0 Å². The molecule has 3 aromatic rings. The van der Waals surface area contributed by atoms with E-state index in [-0.39, 0.29) is 29.9 Å². The summed E-state index contributed by atoms with van der Waals surface area (Å²) in [5.74, 6) is -0.284. The quantitative estimate of drug-likeness (QED) is 0.488. The molecule has 33 heavy (non-hydrogen) atoms. The summed E-state index contributed by atoms with van der Waals surface area (Å²) >= 11 is 0. The molecule has 0 radical (unpaired) electrons. The first-order valence-corrected chi connectivity index (χ1v) is 11.6. The third-order valence-electron chi connectivity index (χ3n) is 7.26. The van der Waals surface area contributed by atoms with Crippen LogP contribution in [-0.2, 0) is 4.74 Å². The second kappa shape index (κ2) is 8.14. The van der Waals surface area contributed by atoms with Gasteiger partial charge in [0.1, 0.15) is 12.4 Å².